The maximum absolute atomic E-state index is 9.27. The van der Waals surface area contributed by atoms with Crippen molar-refractivity contribution in [3.05, 3.63) is 59.0 Å². The van der Waals surface area contributed by atoms with Crippen molar-refractivity contribution in [3.63, 3.8) is 0 Å². The van der Waals surface area contributed by atoms with E-state index in [1.165, 1.54) is 30.4 Å². The van der Waals surface area contributed by atoms with E-state index in [0.29, 0.717) is 24.4 Å². The maximum atomic E-state index is 9.27. The van der Waals surface area contributed by atoms with Gasteiger partial charge in [-0.2, -0.15) is 0 Å². The third-order valence-corrected chi connectivity index (χ3v) is 5.46. The zero-order chi connectivity index (χ0) is 14.2. The third-order valence-electron chi connectivity index (χ3n) is 5.46. The summed E-state index contributed by atoms with van der Waals surface area (Å²) in [5, 5.41) is 9.27. The standard InChI is InChI=1S/C19H22O2/c20-7-5-16-11-15-2-4-17(16)18-3-1-13(10-19(15)18)9-14-6-8-21-12-14/h1,3,6,8,10,12,15-17,20H,2,4-5,7,9,11H2/t15-,16-,17+/m1/s1. The minimum atomic E-state index is 0.335. The Morgan fingerprint density at radius 1 is 1.10 bits per heavy atom. The molecular formula is C19H22O2. The maximum Gasteiger partial charge on any atom is 0.0937 e. The molecule has 2 heteroatoms. The second-order valence-electron chi connectivity index (χ2n) is 6.66. The Hall–Kier alpha value is -1.54. The Bertz CT molecular complexity index is 615. The molecule has 21 heavy (non-hydrogen) atoms. The molecule has 1 N–H and O–H groups in total. The molecule has 0 radical (unpaired) electrons. The van der Waals surface area contributed by atoms with Crippen LogP contribution in [0.3, 0.4) is 0 Å². The van der Waals surface area contributed by atoms with Crippen LogP contribution in [0, 0.1) is 5.92 Å². The highest BCUT2D eigenvalue weighted by Crippen LogP contribution is 2.53. The Labute approximate surface area is 125 Å². The lowest BCUT2D eigenvalue weighted by Crippen LogP contribution is -2.30. The first kappa shape index (κ1) is 13.1. The van der Waals surface area contributed by atoms with E-state index in [9.17, 15) is 5.11 Å². The van der Waals surface area contributed by atoms with Crippen molar-refractivity contribution in [2.24, 2.45) is 5.92 Å². The van der Waals surface area contributed by atoms with Gasteiger partial charge in [0.1, 0.15) is 0 Å². The Morgan fingerprint density at radius 3 is 2.86 bits per heavy atom. The molecule has 1 saturated carbocycles. The van der Waals surface area contributed by atoms with Gasteiger partial charge >= 0.3 is 0 Å². The number of rotatable bonds is 4. The van der Waals surface area contributed by atoms with Crippen LogP contribution in [0.15, 0.2) is 41.2 Å². The zero-order valence-electron chi connectivity index (χ0n) is 12.3. The Balaban J connectivity index is 1.63. The van der Waals surface area contributed by atoms with Gasteiger partial charge in [0.15, 0.2) is 0 Å². The first-order valence-electron chi connectivity index (χ1n) is 8.10. The quantitative estimate of drug-likeness (QED) is 0.910. The first-order chi connectivity index (χ1) is 10.3. The van der Waals surface area contributed by atoms with Crippen molar-refractivity contribution < 1.29 is 9.52 Å². The highest BCUT2D eigenvalue weighted by Gasteiger charge is 2.39. The topological polar surface area (TPSA) is 33.4 Å². The molecule has 0 unspecified atom stereocenters. The summed E-state index contributed by atoms with van der Waals surface area (Å²) in [5.74, 6) is 2.09. The highest BCUT2D eigenvalue weighted by atomic mass is 16.3. The van der Waals surface area contributed by atoms with Crippen molar-refractivity contribution in [1.82, 2.24) is 0 Å². The van der Waals surface area contributed by atoms with Gasteiger partial charge in [-0.1, -0.05) is 18.2 Å². The van der Waals surface area contributed by atoms with Crippen molar-refractivity contribution in [3.8, 4) is 0 Å². The number of benzene rings is 1. The molecule has 3 aliphatic rings. The van der Waals surface area contributed by atoms with E-state index in [0.717, 1.165) is 12.8 Å². The van der Waals surface area contributed by atoms with Gasteiger partial charge in [-0.15, -0.1) is 0 Å². The number of fused-ring (bicyclic) bond motifs is 2. The fourth-order valence-electron chi connectivity index (χ4n) is 4.50. The summed E-state index contributed by atoms with van der Waals surface area (Å²) >= 11 is 0. The molecule has 110 valence electrons. The number of hydrogen-bond donors (Lipinski definition) is 1. The molecule has 1 aromatic carbocycles. The van der Waals surface area contributed by atoms with Crippen LogP contribution in [0.4, 0.5) is 0 Å². The summed E-state index contributed by atoms with van der Waals surface area (Å²) < 4.78 is 5.17. The van der Waals surface area contributed by atoms with Crippen LogP contribution < -0.4 is 0 Å². The molecule has 2 aromatic rings. The average molecular weight is 282 g/mol. The molecule has 3 aliphatic carbocycles. The van der Waals surface area contributed by atoms with Gasteiger partial charge in [-0.3, -0.25) is 0 Å². The third kappa shape index (κ3) is 2.32. The SMILES string of the molecule is OCC[C@@H]1C[C@H]2CC[C@@H]1c1ccc(Cc3ccoc3)cc12. The molecule has 0 saturated heterocycles. The summed E-state index contributed by atoms with van der Waals surface area (Å²) in [7, 11) is 0. The zero-order valence-corrected chi connectivity index (χ0v) is 12.3. The van der Waals surface area contributed by atoms with E-state index in [4.69, 9.17) is 4.42 Å². The summed E-state index contributed by atoms with van der Waals surface area (Å²) in [5.41, 5.74) is 5.78. The van der Waals surface area contributed by atoms with E-state index < -0.39 is 0 Å². The lowest BCUT2D eigenvalue weighted by molar-refractivity contribution is 0.186. The van der Waals surface area contributed by atoms with E-state index >= 15 is 0 Å². The van der Waals surface area contributed by atoms with Gasteiger partial charge in [0.2, 0.25) is 0 Å². The highest BCUT2D eigenvalue weighted by molar-refractivity contribution is 5.42. The van der Waals surface area contributed by atoms with E-state index in [1.54, 1.807) is 17.4 Å². The van der Waals surface area contributed by atoms with Crippen LogP contribution in [0.1, 0.15) is 59.8 Å². The lowest BCUT2D eigenvalue weighted by Gasteiger charge is -2.44. The number of hydrogen-bond acceptors (Lipinski definition) is 2. The average Bonchev–Trinajstić information content (AvgIpc) is 3.01. The predicted octanol–water partition coefficient (Wildman–Crippen LogP) is 4.23. The van der Waals surface area contributed by atoms with Crippen LogP contribution in [0.5, 0.6) is 0 Å². The molecule has 0 aliphatic heterocycles. The van der Waals surface area contributed by atoms with Crippen LogP contribution in [-0.2, 0) is 6.42 Å². The van der Waals surface area contributed by atoms with E-state index in [2.05, 4.69) is 18.2 Å². The molecule has 0 spiro atoms. The second-order valence-corrected chi connectivity index (χ2v) is 6.66. The van der Waals surface area contributed by atoms with Crippen molar-refractivity contribution in [1.29, 1.82) is 0 Å². The summed E-state index contributed by atoms with van der Waals surface area (Å²) in [6.45, 7) is 0.335. The molecule has 1 aromatic heterocycles. The molecule has 0 amide bonds. The van der Waals surface area contributed by atoms with Gasteiger partial charge in [0.25, 0.3) is 0 Å². The lowest BCUT2D eigenvalue weighted by atomic mass is 9.61. The fourth-order valence-corrected chi connectivity index (χ4v) is 4.50. The van der Waals surface area contributed by atoms with Crippen LogP contribution in [0.25, 0.3) is 0 Å². The fraction of sp³-hybridized carbons (Fsp3) is 0.474. The summed E-state index contributed by atoms with van der Waals surface area (Å²) in [4.78, 5) is 0. The molecule has 2 nitrogen and oxygen atoms in total. The van der Waals surface area contributed by atoms with Crippen LogP contribution in [0.2, 0.25) is 0 Å². The van der Waals surface area contributed by atoms with E-state index in [1.807, 2.05) is 12.3 Å². The second kappa shape index (κ2) is 5.34. The number of aliphatic hydroxyl groups excluding tert-OH is 1. The Kier molecular flexibility index (Phi) is 3.34. The van der Waals surface area contributed by atoms with Crippen molar-refractivity contribution >= 4 is 0 Å². The Morgan fingerprint density at radius 2 is 2.05 bits per heavy atom. The van der Waals surface area contributed by atoms with Gasteiger partial charge in [-0.25, -0.2) is 0 Å². The van der Waals surface area contributed by atoms with E-state index in [-0.39, 0.29) is 0 Å². The van der Waals surface area contributed by atoms with Gasteiger partial charge in [0, 0.05) is 13.0 Å². The summed E-state index contributed by atoms with van der Waals surface area (Å²) in [6, 6.07) is 9.10. The smallest absolute Gasteiger partial charge is 0.0937 e. The molecule has 1 fully saturated rings. The predicted molar refractivity (Wildman–Crippen MR) is 82.5 cm³/mol. The van der Waals surface area contributed by atoms with Crippen LogP contribution in [-0.4, -0.2) is 11.7 Å². The summed E-state index contributed by atoms with van der Waals surface area (Å²) in [6.07, 6.45) is 9.42. The minimum absolute atomic E-state index is 0.335. The molecule has 3 atom stereocenters. The number of furan rings is 1. The monoisotopic (exact) mass is 282 g/mol. The van der Waals surface area contributed by atoms with Crippen LogP contribution >= 0.6 is 0 Å². The van der Waals surface area contributed by atoms with Gasteiger partial charge < -0.3 is 9.52 Å². The molecule has 5 rings (SSSR count). The first-order valence-corrected chi connectivity index (χ1v) is 8.10. The van der Waals surface area contributed by atoms with Crippen molar-refractivity contribution in [2.45, 2.75) is 43.9 Å². The minimum Gasteiger partial charge on any atom is -0.472 e. The molecular weight excluding hydrogens is 260 g/mol. The normalized spacial score (nSPS) is 26.8. The van der Waals surface area contributed by atoms with Gasteiger partial charge in [0.05, 0.1) is 12.5 Å². The number of aliphatic hydroxyl groups is 1. The molecule has 1 heterocycles. The largest absolute Gasteiger partial charge is 0.472 e. The van der Waals surface area contributed by atoms with Crippen molar-refractivity contribution in [2.75, 3.05) is 6.61 Å². The molecule has 2 bridgehead atoms. The van der Waals surface area contributed by atoms with Gasteiger partial charge in [-0.05, 0) is 71.8 Å².